The second-order valence-corrected chi connectivity index (χ2v) is 8.10. The van der Waals surface area contributed by atoms with Crippen LogP contribution in [0.5, 0.6) is 23.0 Å². The maximum atomic E-state index is 13.7. The molecular weight excluding hydrogens is 524 g/mol. The van der Waals surface area contributed by atoms with Gasteiger partial charge < -0.3 is 29.9 Å². The maximum absolute atomic E-state index is 13.7. The van der Waals surface area contributed by atoms with Gasteiger partial charge in [0.05, 0.1) is 22.3 Å². The number of carbonyl (C=O) groups is 5. The van der Waals surface area contributed by atoms with E-state index in [-0.39, 0.29) is 34.1 Å². The van der Waals surface area contributed by atoms with E-state index in [1.165, 1.54) is 72.8 Å². The molecule has 4 N–H and O–H groups in total. The van der Waals surface area contributed by atoms with Gasteiger partial charge in [-0.15, -0.1) is 0 Å². The highest BCUT2D eigenvalue weighted by molar-refractivity contribution is 6.12. The molecule has 0 amide bonds. The van der Waals surface area contributed by atoms with Crippen molar-refractivity contribution in [2.75, 3.05) is 0 Å². The van der Waals surface area contributed by atoms with E-state index >= 15 is 0 Å². The second kappa shape index (κ2) is 11.2. The first-order chi connectivity index (χ1) is 19.1. The lowest BCUT2D eigenvalue weighted by Gasteiger charge is -2.16. The van der Waals surface area contributed by atoms with E-state index in [1.807, 2.05) is 0 Å². The lowest BCUT2D eigenvalue weighted by atomic mass is 10.0. The molecule has 0 spiro atoms. The molecule has 4 aromatic rings. The second-order valence-electron chi connectivity index (χ2n) is 8.10. The number of hydrogen-bond donors (Lipinski definition) is 4. The summed E-state index contributed by atoms with van der Waals surface area (Å²) in [4.78, 5) is 60.4. The Hall–Kier alpha value is -5.97. The van der Waals surface area contributed by atoms with Crippen molar-refractivity contribution in [1.29, 1.82) is 0 Å². The Labute approximate surface area is 225 Å². The molecule has 0 aliphatic carbocycles. The minimum absolute atomic E-state index is 0.0478. The van der Waals surface area contributed by atoms with E-state index < -0.39 is 51.9 Å². The molecule has 11 nitrogen and oxygen atoms in total. The van der Waals surface area contributed by atoms with E-state index in [4.69, 9.17) is 9.47 Å². The predicted molar refractivity (Wildman–Crippen MR) is 137 cm³/mol. The standard InChI is InChI=1S/C29H18O11/c30-25(15-7-1-3-11-19(15)39-21-13-5-9-17(26(31)32)23(21)28(35)36)16-8-2-4-12-20(16)40-22-14-6-10-18(27(33)34)24(22)29(37)38/h1-14H,(H,31,32)(H,33,34)(H,35,36)(H,37,38). The van der Waals surface area contributed by atoms with Crippen LogP contribution in [0.3, 0.4) is 0 Å². The Kier molecular flexibility index (Phi) is 7.57. The van der Waals surface area contributed by atoms with Gasteiger partial charge in [0.25, 0.3) is 0 Å². The molecule has 0 atom stereocenters. The summed E-state index contributed by atoms with van der Waals surface area (Å²) in [5.74, 6) is -7.53. The lowest BCUT2D eigenvalue weighted by Crippen LogP contribution is -2.11. The van der Waals surface area contributed by atoms with Gasteiger partial charge in [0.15, 0.2) is 0 Å². The molecule has 0 aliphatic rings. The summed E-state index contributed by atoms with van der Waals surface area (Å²) >= 11 is 0. The van der Waals surface area contributed by atoms with E-state index in [0.717, 1.165) is 12.1 Å². The van der Waals surface area contributed by atoms with Gasteiger partial charge in [-0.3, -0.25) is 4.79 Å². The van der Waals surface area contributed by atoms with E-state index in [2.05, 4.69) is 0 Å². The fourth-order valence-corrected chi connectivity index (χ4v) is 3.90. The van der Waals surface area contributed by atoms with Gasteiger partial charge in [0.2, 0.25) is 5.78 Å². The summed E-state index contributed by atoms with van der Waals surface area (Å²) in [6.45, 7) is 0. The monoisotopic (exact) mass is 542 g/mol. The van der Waals surface area contributed by atoms with Crippen molar-refractivity contribution in [3.63, 3.8) is 0 Å². The molecule has 40 heavy (non-hydrogen) atoms. The number of para-hydroxylation sites is 2. The molecule has 0 aromatic heterocycles. The van der Waals surface area contributed by atoms with Crippen LogP contribution >= 0.6 is 0 Å². The van der Waals surface area contributed by atoms with Gasteiger partial charge in [0, 0.05) is 0 Å². The molecule has 0 heterocycles. The first-order valence-corrected chi connectivity index (χ1v) is 11.4. The predicted octanol–water partition coefficient (Wildman–Crippen LogP) is 5.30. The average molecular weight is 542 g/mol. The third-order valence-corrected chi connectivity index (χ3v) is 5.64. The van der Waals surface area contributed by atoms with Crippen LogP contribution in [-0.2, 0) is 0 Å². The molecule has 4 aromatic carbocycles. The van der Waals surface area contributed by atoms with E-state index in [9.17, 15) is 44.4 Å². The Morgan fingerprint density at radius 2 is 0.725 bits per heavy atom. The van der Waals surface area contributed by atoms with Crippen LogP contribution in [0.4, 0.5) is 0 Å². The molecule has 11 heteroatoms. The molecular formula is C29H18O11. The quantitative estimate of drug-likeness (QED) is 0.191. The SMILES string of the molecule is O=C(c1ccccc1Oc1cccc(C(=O)O)c1C(=O)O)c1ccccc1Oc1cccc(C(=O)O)c1C(=O)O. The topological polar surface area (TPSA) is 185 Å². The van der Waals surface area contributed by atoms with Crippen molar-refractivity contribution in [1.82, 2.24) is 0 Å². The van der Waals surface area contributed by atoms with Crippen molar-refractivity contribution < 1.29 is 53.9 Å². The fourth-order valence-electron chi connectivity index (χ4n) is 3.90. The summed E-state index contributed by atoms with van der Waals surface area (Å²) in [5.41, 5.74) is -2.33. The zero-order chi connectivity index (χ0) is 29.0. The van der Waals surface area contributed by atoms with Gasteiger partial charge in [-0.25, -0.2) is 19.2 Å². The minimum Gasteiger partial charge on any atom is -0.478 e. The van der Waals surface area contributed by atoms with Crippen LogP contribution in [0.25, 0.3) is 0 Å². The molecule has 4 rings (SSSR count). The number of ether oxygens (including phenoxy) is 2. The fraction of sp³-hybridized carbons (Fsp3) is 0. The highest BCUT2D eigenvalue weighted by Gasteiger charge is 2.26. The highest BCUT2D eigenvalue weighted by atomic mass is 16.5. The van der Waals surface area contributed by atoms with Crippen LogP contribution in [0.15, 0.2) is 84.9 Å². The lowest BCUT2D eigenvalue weighted by molar-refractivity contribution is 0.0649. The van der Waals surface area contributed by atoms with Crippen LogP contribution in [0.1, 0.15) is 57.4 Å². The van der Waals surface area contributed by atoms with Gasteiger partial charge in [0.1, 0.15) is 34.1 Å². The van der Waals surface area contributed by atoms with E-state index in [1.54, 1.807) is 0 Å². The Balaban J connectivity index is 1.77. The summed E-state index contributed by atoms with van der Waals surface area (Å²) in [7, 11) is 0. The Morgan fingerprint density at radius 1 is 0.400 bits per heavy atom. The van der Waals surface area contributed by atoms with Crippen molar-refractivity contribution in [2.45, 2.75) is 0 Å². The highest BCUT2D eigenvalue weighted by Crippen LogP contribution is 2.35. The Morgan fingerprint density at radius 3 is 1.07 bits per heavy atom. The summed E-state index contributed by atoms with van der Waals surface area (Å²) in [6.07, 6.45) is 0. The third-order valence-electron chi connectivity index (χ3n) is 5.64. The molecule has 200 valence electrons. The number of carboxylic acids is 4. The molecule has 0 unspecified atom stereocenters. The van der Waals surface area contributed by atoms with Crippen LogP contribution < -0.4 is 9.47 Å². The number of rotatable bonds is 10. The Bertz CT molecular complexity index is 1560. The first-order valence-electron chi connectivity index (χ1n) is 11.4. The number of aromatic carboxylic acids is 4. The van der Waals surface area contributed by atoms with Crippen molar-refractivity contribution in [2.24, 2.45) is 0 Å². The summed E-state index contributed by atoms with van der Waals surface area (Å²) < 4.78 is 11.5. The summed E-state index contributed by atoms with van der Waals surface area (Å²) in [5, 5.41) is 38.0. The number of ketones is 1. The number of benzene rings is 4. The smallest absolute Gasteiger partial charge is 0.340 e. The molecule has 0 fully saturated rings. The van der Waals surface area contributed by atoms with Crippen LogP contribution in [0, 0.1) is 0 Å². The van der Waals surface area contributed by atoms with Crippen molar-refractivity contribution in [3.8, 4) is 23.0 Å². The first kappa shape index (κ1) is 27.1. The van der Waals surface area contributed by atoms with Gasteiger partial charge in [-0.2, -0.15) is 0 Å². The maximum Gasteiger partial charge on any atom is 0.340 e. The third kappa shape index (κ3) is 5.34. The van der Waals surface area contributed by atoms with Gasteiger partial charge >= 0.3 is 23.9 Å². The van der Waals surface area contributed by atoms with Crippen LogP contribution in [0.2, 0.25) is 0 Å². The number of carboxylic acid groups (broad SMARTS) is 4. The minimum atomic E-state index is -1.55. The largest absolute Gasteiger partial charge is 0.478 e. The normalized spacial score (nSPS) is 10.4. The summed E-state index contributed by atoms with van der Waals surface area (Å²) in [6, 6.07) is 18.9. The van der Waals surface area contributed by atoms with Gasteiger partial charge in [-0.1, -0.05) is 36.4 Å². The molecule has 0 bridgehead atoms. The van der Waals surface area contributed by atoms with Crippen molar-refractivity contribution in [3.05, 3.63) is 118 Å². The molecule has 0 radical (unpaired) electrons. The molecule has 0 aliphatic heterocycles. The average Bonchev–Trinajstić information content (AvgIpc) is 2.92. The van der Waals surface area contributed by atoms with E-state index in [0.29, 0.717) is 0 Å². The molecule has 0 saturated carbocycles. The van der Waals surface area contributed by atoms with Crippen LogP contribution in [-0.4, -0.2) is 50.1 Å². The zero-order valence-corrected chi connectivity index (χ0v) is 20.2. The number of carbonyl (C=O) groups excluding carboxylic acids is 1. The van der Waals surface area contributed by atoms with Gasteiger partial charge in [-0.05, 0) is 48.5 Å². The molecule has 0 saturated heterocycles. The van der Waals surface area contributed by atoms with Crippen molar-refractivity contribution >= 4 is 29.7 Å². The zero-order valence-electron chi connectivity index (χ0n) is 20.2. The number of hydrogen-bond acceptors (Lipinski definition) is 7.